The first-order valence-electron chi connectivity index (χ1n) is 7.74. The molecule has 134 valence electrons. The first-order chi connectivity index (χ1) is 12.6. The van der Waals surface area contributed by atoms with Crippen LogP contribution in [0.2, 0.25) is 0 Å². The van der Waals surface area contributed by atoms with E-state index in [1.165, 1.54) is 23.5 Å². The molecule has 1 N–H and O–H groups in total. The quantitative estimate of drug-likeness (QED) is 0.637. The summed E-state index contributed by atoms with van der Waals surface area (Å²) in [6.45, 7) is 0.439. The summed E-state index contributed by atoms with van der Waals surface area (Å²) in [7, 11) is 0. The number of hydrogen-bond acceptors (Lipinski definition) is 7. The van der Waals surface area contributed by atoms with Crippen LogP contribution in [0.4, 0.5) is 0 Å². The third-order valence-electron chi connectivity index (χ3n) is 3.32. The predicted molar refractivity (Wildman–Crippen MR) is 94.2 cm³/mol. The van der Waals surface area contributed by atoms with E-state index in [-0.39, 0.29) is 0 Å². The Balaban J connectivity index is 1.47. The van der Waals surface area contributed by atoms with Gasteiger partial charge in [-0.3, -0.25) is 14.9 Å². The number of hydrogen-bond donors (Lipinski definition) is 1. The molecule has 0 bridgehead atoms. The minimum absolute atomic E-state index is 0.406. The molecule has 0 atom stereocenters. The summed E-state index contributed by atoms with van der Waals surface area (Å²) in [6.07, 6.45) is 2.73. The molecule has 1 aliphatic rings. The maximum absolute atomic E-state index is 11.7. The largest absolute Gasteiger partial charge is 0.486 e. The van der Waals surface area contributed by atoms with Gasteiger partial charge in [-0.2, -0.15) is 0 Å². The molecule has 3 rings (SSSR count). The maximum atomic E-state index is 11.7. The lowest BCUT2D eigenvalue weighted by Crippen LogP contribution is -2.33. The molecular weight excluding hydrogens is 358 g/mol. The zero-order chi connectivity index (χ0) is 18.4. The van der Waals surface area contributed by atoms with Crippen LogP contribution < -0.4 is 14.8 Å². The van der Waals surface area contributed by atoms with Crippen molar-refractivity contribution in [2.45, 2.75) is 0 Å². The number of ether oxygens (including phenoxy) is 3. The number of esters is 1. The number of thiophene rings is 1. The van der Waals surface area contributed by atoms with E-state index in [1.54, 1.807) is 35.7 Å². The van der Waals surface area contributed by atoms with E-state index in [1.807, 2.05) is 0 Å². The number of fused-ring (bicyclic) bond motifs is 1. The number of rotatable bonds is 5. The van der Waals surface area contributed by atoms with Crippen LogP contribution in [0.25, 0.3) is 6.08 Å². The van der Waals surface area contributed by atoms with Gasteiger partial charge in [-0.05, 0) is 35.2 Å². The predicted octanol–water partition coefficient (Wildman–Crippen LogP) is 2.03. The Bertz CT molecular complexity index is 843. The van der Waals surface area contributed by atoms with Gasteiger partial charge >= 0.3 is 5.97 Å². The highest BCUT2D eigenvalue weighted by atomic mass is 32.1. The molecule has 7 nitrogen and oxygen atoms in total. The van der Waals surface area contributed by atoms with Gasteiger partial charge in [-0.25, -0.2) is 4.79 Å². The Morgan fingerprint density at radius 1 is 1.15 bits per heavy atom. The maximum Gasteiger partial charge on any atom is 0.331 e. The van der Waals surface area contributed by atoms with E-state index in [0.717, 1.165) is 5.56 Å². The molecule has 0 saturated heterocycles. The van der Waals surface area contributed by atoms with E-state index >= 15 is 0 Å². The topological polar surface area (TPSA) is 90.9 Å². The molecule has 0 unspecified atom stereocenters. The van der Waals surface area contributed by atoms with Crippen molar-refractivity contribution in [3.8, 4) is 11.5 Å². The van der Waals surface area contributed by atoms with Crippen molar-refractivity contribution in [2.24, 2.45) is 0 Å². The highest BCUT2D eigenvalue weighted by molar-refractivity contribution is 7.12. The van der Waals surface area contributed by atoms with Crippen LogP contribution in [0.1, 0.15) is 15.2 Å². The van der Waals surface area contributed by atoms with Crippen LogP contribution in [0.15, 0.2) is 41.8 Å². The van der Waals surface area contributed by atoms with Gasteiger partial charge in [0.2, 0.25) is 0 Å². The number of imide groups is 1. The van der Waals surface area contributed by atoms with Crippen molar-refractivity contribution < 1.29 is 28.6 Å². The van der Waals surface area contributed by atoms with Gasteiger partial charge in [0.15, 0.2) is 18.1 Å². The van der Waals surface area contributed by atoms with E-state index in [4.69, 9.17) is 14.2 Å². The van der Waals surface area contributed by atoms with Crippen LogP contribution in [-0.4, -0.2) is 37.6 Å². The van der Waals surface area contributed by atoms with Gasteiger partial charge < -0.3 is 14.2 Å². The second-order valence-corrected chi connectivity index (χ2v) is 6.15. The van der Waals surface area contributed by atoms with Crippen LogP contribution in [0.5, 0.6) is 11.5 Å². The Kier molecular flexibility index (Phi) is 5.65. The molecule has 2 amide bonds. The van der Waals surface area contributed by atoms with Crippen LogP contribution in [-0.2, 0) is 14.3 Å². The van der Waals surface area contributed by atoms with Gasteiger partial charge in [0.05, 0.1) is 4.88 Å². The molecule has 0 radical (unpaired) electrons. The van der Waals surface area contributed by atoms with Crippen molar-refractivity contribution in [3.63, 3.8) is 0 Å². The van der Waals surface area contributed by atoms with Crippen molar-refractivity contribution in [1.82, 2.24) is 5.32 Å². The lowest BCUT2D eigenvalue weighted by Gasteiger charge is -2.18. The number of nitrogens with one attached hydrogen (secondary N) is 1. The Morgan fingerprint density at radius 3 is 2.73 bits per heavy atom. The average molecular weight is 373 g/mol. The Hall–Kier alpha value is -3.13. The molecule has 2 heterocycles. The zero-order valence-corrected chi connectivity index (χ0v) is 14.4. The summed E-state index contributed by atoms with van der Waals surface area (Å²) in [5.74, 6) is -0.641. The molecule has 0 fully saturated rings. The first-order valence-corrected chi connectivity index (χ1v) is 8.62. The molecule has 0 aliphatic carbocycles. The SMILES string of the molecule is O=C(COC(=O)/C=C/c1ccc2c(c1)OCCO2)NC(=O)c1cccs1. The molecule has 1 aromatic heterocycles. The van der Waals surface area contributed by atoms with E-state index in [0.29, 0.717) is 29.6 Å². The fourth-order valence-electron chi connectivity index (χ4n) is 2.14. The molecular formula is C18H15NO6S. The monoisotopic (exact) mass is 373 g/mol. The highest BCUT2D eigenvalue weighted by Gasteiger charge is 2.13. The van der Waals surface area contributed by atoms with E-state index in [9.17, 15) is 14.4 Å². The van der Waals surface area contributed by atoms with Gasteiger partial charge in [-0.15, -0.1) is 11.3 Å². The second-order valence-electron chi connectivity index (χ2n) is 5.20. The van der Waals surface area contributed by atoms with Crippen molar-refractivity contribution in [3.05, 3.63) is 52.2 Å². The number of amides is 2. The van der Waals surface area contributed by atoms with Crippen LogP contribution in [0.3, 0.4) is 0 Å². The minimum atomic E-state index is -0.696. The molecule has 1 aliphatic heterocycles. The number of carbonyl (C=O) groups excluding carboxylic acids is 3. The van der Waals surface area contributed by atoms with Crippen molar-refractivity contribution in [1.29, 1.82) is 0 Å². The standard InChI is InChI=1S/C18H15NO6S/c20-16(19-18(22)15-2-1-9-26-15)11-25-17(21)6-4-12-3-5-13-14(10-12)24-8-7-23-13/h1-6,9-10H,7-8,11H2,(H,19,20,22)/b6-4+. The van der Waals surface area contributed by atoms with E-state index in [2.05, 4.69) is 5.32 Å². The molecule has 0 saturated carbocycles. The second kappa shape index (κ2) is 8.30. The van der Waals surface area contributed by atoms with E-state index < -0.39 is 24.4 Å². The molecule has 0 spiro atoms. The summed E-state index contributed by atoms with van der Waals surface area (Å²) in [6, 6.07) is 8.56. The molecule has 8 heteroatoms. The summed E-state index contributed by atoms with van der Waals surface area (Å²) in [4.78, 5) is 35.4. The normalized spacial score (nSPS) is 12.6. The van der Waals surface area contributed by atoms with Crippen LogP contribution in [0, 0.1) is 0 Å². The molecule has 1 aromatic carbocycles. The van der Waals surface area contributed by atoms with Crippen molar-refractivity contribution in [2.75, 3.05) is 19.8 Å². The number of benzene rings is 1. The Labute approximate surface area is 153 Å². The third kappa shape index (κ3) is 4.70. The van der Waals surface area contributed by atoms with Crippen LogP contribution >= 0.6 is 11.3 Å². The van der Waals surface area contributed by atoms with Gasteiger partial charge in [-0.1, -0.05) is 12.1 Å². The summed E-state index contributed by atoms with van der Waals surface area (Å²) in [5, 5.41) is 3.87. The summed E-state index contributed by atoms with van der Waals surface area (Å²) >= 11 is 1.21. The number of carbonyl (C=O) groups is 3. The lowest BCUT2D eigenvalue weighted by atomic mass is 10.2. The zero-order valence-electron chi connectivity index (χ0n) is 13.6. The fourth-order valence-corrected chi connectivity index (χ4v) is 2.76. The average Bonchev–Trinajstić information content (AvgIpc) is 3.19. The summed E-state index contributed by atoms with van der Waals surface area (Å²) < 4.78 is 15.7. The first kappa shape index (κ1) is 17.7. The molecule has 2 aromatic rings. The Morgan fingerprint density at radius 2 is 1.96 bits per heavy atom. The third-order valence-corrected chi connectivity index (χ3v) is 4.19. The summed E-state index contributed by atoms with van der Waals surface area (Å²) in [5.41, 5.74) is 0.725. The molecule has 26 heavy (non-hydrogen) atoms. The minimum Gasteiger partial charge on any atom is -0.486 e. The van der Waals surface area contributed by atoms with Crippen molar-refractivity contribution >= 4 is 35.2 Å². The van der Waals surface area contributed by atoms with Gasteiger partial charge in [0, 0.05) is 6.08 Å². The highest BCUT2D eigenvalue weighted by Crippen LogP contribution is 2.31. The lowest BCUT2D eigenvalue weighted by molar-refractivity contribution is -0.143. The van der Waals surface area contributed by atoms with Gasteiger partial charge in [0.1, 0.15) is 13.2 Å². The fraction of sp³-hybridized carbons (Fsp3) is 0.167. The van der Waals surface area contributed by atoms with Gasteiger partial charge in [0.25, 0.3) is 11.8 Å². The smallest absolute Gasteiger partial charge is 0.331 e.